The molecule has 0 N–H and O–H groups in total. The number of fused-ring (bicyclic) bond motifs is 14. The molecule has 8 aromatic carbocycles. The molecule has 59 heavy (non-hydrogen) atoms. The van der Waals surface area contributed by atoms with Crippen LogP contribution in [0.2, 0.25) is 0 Å². The molecule has 0 radical (unpaired) electrons. The molecule has 0 amide bonds. The lowest BCUT2D eigenvalue weighted by atomic mass is 9.61. The molecule has 4 heterocycles. The summed E-state index contributed by atoms with van der Waals surface area (Å²) in [6.45, 7) is 6.81. The van der Waals surface area contributed by atoms with E-state index in [1.807, 2.05) is 12.1 Å². The number of nitrogens with zero attached hydrogens (tertiary/aromatic N) is 3. The average molecular weight is 756 g/mol. The van der Waals surface area contributed by atoms with Crippen LogP contribution in [0.25, 0.3) is 60.7 Å². The van der Waals surface area contributed by atoms with Crippen LogP contribution in [-0.4, -0.2) is 14.8 Å². The number of rotatable bonds is 5. The smallest absolute Gasteiger partial charge is 0.134 e. The van der Waals surface area contributed by atoms with Crippen molar-refractivity contribution in [3.8, 4) is 17.2 Å². The first-order chi connectivity index (χ1) is 29.1. The zero-order chi connectivity index (χ0) is 39.2. The summed E-state index contributed by atoms with van der Waals surface area (Å²) in [7, 11) is 0. The fraction of sp³-hybridized carbons (Fsp3) is 0.0364. The largest absolute Gasteiger partial charge is 0.457 e. The molecule has 0 aliphatic carbocycles. The summed E-state index contributed by atoms with van der Waals surface area (Å²) in [5, 5.41) is 4.74. The fourth-order valence-electron chi connectivity index (χ4n) is 10.0. The molecule has 12 rings (SSSR count). The van der Waals surface area contributed by atoms with Gasteiger partial charge in [0, 0.05) is 44.3 Å². The minimum absolute atomic E-state index is 0.621. The maximum atomic E-state index is 7.06. The van der Waals surface area contributed by atoms with Gasteiger partial charge in [0.05, 0.1) is 38.9 Å². The molecular formula is C55H37N3O. The second-order valence-corrected chi connectivity index (χ2v) is 15.6. The summed E-state index contributed by atoms with van der Waals surface area (Å²) in [6.07, 6.45) is 2.16. The van der Waals surface area contributed by atoms with E-state index in [-0.39, 0.29) is 0 Å². The summed E-state index contributed by atoms with van der Waals surface area (Å²) >= 11 is 0. The minimum atomic E-state index is -0.669. The lowest BCUT2D eigenvalue weighted by molar-refractivity contribution is 0.435. The van der Waals surface area contributed by atoms with E-state index in [1.165, 1.54) is 38.6 Å². The van der Waals surface area contributed by atoms with Crippen LogP contribution in [0, 0.1) is 0 Å². The first-order valence-electron chi connectivity index (χ1n) is 20.2. The summed E-state index contributed by atoms with van der Waals surface area (Å²) < 4.78 is 11.7. The van der Waals surface area contributed by atoms with Crippen molar-refractivity contribution in [2.24, 2.45) is 4.99 Å². The highest BCUT2D eigenvalue weighted by Crippen LogP contribution is 2.61. The molecule has 10 aromatic rings. The van der Waals surface area contributed by atoms with Crippen LogP contribution in [0.4, 0.5) is 0 Å². The van der Waals surface area contributed by atoms with Crippen LogP contribution in [0.5, 0.6) is 11.5 Å². The number of aliphatic imine (C=N–C) groups is 1. The summed E-state index contributed by atoms with van der Waals surface area (Å²) in [4.78, 5) is 5.35. The number of aromatic nitrogens is 2. The Bertz CT molecular complexity index is 3440. The summed E-state index contributed by atoms with van der Waals surface area (Å²) in [5.41, 5.74) is 13.8. The van der Waals surface area contributed by atoms with Gasteiger partial charge in [-0.15, -0.1) is 0 Å². The van der Waals surface area contributed by atoms with Gasteiger partial charge in [-0.05, 0) is 65.6 Å². The van der Waals surface area contributed by atoms with Gasteiger partial charge in [-0.1, -0.05) is 158 Å². The van der Waals surface area contributed by atoms with Gasteiger partial charge in [0.2, 0.25) is 0 Å². The molecule has 2 aliphatic rings. The molecule has 4 heteroatoms. The average Bonchev–Trinajstić information content (AvgIpc) is 3.80. The highest BCUT2D eigenvalue weighted by atomic mass is 16.5. The van der Waals surface area contributed by atoms with Gasteiger partial charge in [-0.25, -0.2) is 4.99 Å². The molecule has 1 unspecified atom stereocenters. The van der Waals surface area contributed by atoms with Gasteiger partial charge in [0.15, 0.2) is 0 Å². The third kappa shape index (κ3) is 4.69. The van der Waals surface area contributed by atoms with E-state index in [4.69, 9.17) is 9.73 Å². The lowest BCUT2D eigenvalue weighted by Crippen LogP contribution is -2.37. The van der Waals surface area contributed by atoms with Crippen molar-refractivity contribution < 1.29 is 4.74 Å². The Morgan fingerprint density at radius 1 is 0.525 bits per heavy atom. The van der Waals surface area contributed by atoms with E-state index >= 15 is 0 Å². The number of para-hydroxylation sites is 5. The first-order valence-corrected chi connectivity index (χ1v) is 20.2. The van der Waals surface area contributed by atoms with Crippen molar-refractivity contribution >= 4 is 60.7 Å². The fourth-order valence-corrected chi connectivity index (χ4v) is 10.0. The summed E-state index contributed by atoms with van der Waals surface area (Å²) in [5.74, 6) is 2.29. The molecule has 4 nitrogen and oxygen atoms in total. The number of benzene rings is 8. The highest BCUT2D eigenvalue weighted by molar-refractivity contribution is 6.16. The zero-order valence-corrected chi connectivity index (χ0v) is 32.4. The quantitative estimate of drug-likeness (QED) is 0.161. The molecular weight excluding hydrogens is 719 g/mol. The number of ether oxygens (including phenoxy) is 1. The van der Waals surface area contributed by atoms with E-state index in [0.717, 1.165) is 66.8 Å². The molecule has 1 atom stereocenters. The Labute approximate surface area is 341 Å². The predicted molar refractivity (Wildman–Crippen MR) is 244 cm³/mol. The van der Waals surface area contributed by atoms with Crippen LogP contribution in [0.15, 0.2) is 206 Å². The van der Waals surface area contributed by atoms with Crippen molar-refractivity contribution in [3.05, 3.63) is 234 Å². The van der Waals surface area contributed by atoms with Crippen LogP contribution in [-0.2, 0) is 5.41 Å². The standard InChI is InChI=1S/C55H37N3O/c1-35(37-18-5-3-6-19-37)32-47(38-20-7-4-8-21-38)56-36(2)57-48-28-13-10-23-40(48)42-33-46-53(34-51(42)57)59-52-31-16-12-26-44(52)55(46)43-25-11-15-30-50(43)58-49-29-14-9-22-39(49)41-24-17-27-45(55)54(41)58/h3-34H,2H2,1H3/b35-32+,56-47?. The SMILES string of the molecule is C=C(N=C(/C=C(\C)c1ccccc1)c1ccccc1)n1c2ccccc2c2cc3c(cc21)Oc1ccccc1C31c2ccccc2-n2c3ccccc3c3cccc1c32. The number of allylic oxidation sites excluding steroid dienone is 2. The maximum Gasteiger partial charge on any atom is 0.134 e. The molecule has 1 spiro atoms. The van der Waals surface area contributed by atoms with Gasteiger partial charge in [-0.2, -0.15) is 0 Å². The van der Waals surface area contributed by atoms with E-state index in [9.17, 15) is 0 Å². The second kappa shape index (κ2) is 12.7. The van der Waals surface area contributed by atoms with Gasteiger partial charge in [-0.3, -0.25) is 4.57 Å². The normalized spacial score (nSPS) is 15.7. The number of hydrogen-bond donors (Lipinski definition) is 0. The minimum Gasteiger partial charge on any atom is -0.457 e. The monoisotopic (exact) mass is 755 g/mol. The van der Waals surface area contributed by atoms with Crippen molar-refractivity contribution in [2.75, 3.05) is 0 Å². The predicted octanol–water partition coefficient (Wildman–Crippen LogP) is 13.7. The van der Waals surface area contributed by atoms with E-state index < -0.39 is 5.41 Å². The summed E-state index contributed by atoms with van der Waals surface area (Å²) in [6, 6.07) is 67.2. The zero-order valence-electron chi connectivity index (χ0n) is 32.4. The molecule has 0 saturated heterocycles. The third-order valence-electron chi connectivity index (χ3n) is 12.5. The van der Waals surface area contributed by atoms with E-state index in [1.54, 1.807) is 0 Å². The lowest BCUT2D eigenvalue weighted by Gasteiger charge is -2.45. The van der Waals surface area contributed by atoms with Crippen LogP contribution in [0.3, 0.4) is 0 Å². The number of hydrogen-bond acceptors (Lipinski definition) is 2. The third-order valence-corrected chi connectivity index (χ3v) is 12.5. The highest BCUT2D eigenvalue weighted by Gasteiger charge is 2.50. The van der Waals surface area contributed by atoms with Crippen LogP contribution >= 0.6 is 0 Å². The topological polar surface area (TPSA) is 31.4 Å². The molecule has 2 aromatic heterocycles. The van der Waals surface area contributed by atoms with Gasteiger partial charge in [0.1, 0.15) is 17.3 Å². The van der Waals surface area contributed by atoms with Crippen LogP contribution in [0.1, 0.15) is 40.3 Å². The van der Waals surface area contributed by atoms with Gasteiger partial charge >= 0.3 is 0 Å². The Morgan fingerprint density at radius 2 is 1.14 bits per heavy atom. The van der Waals surface area contributed by atoms with E-state index in [2.05, 4.69) is 205 Å². The molecule has 0 saturated carbocycles. The molecule has 0 bridgehead atoms. The van der Waals surface area contributed by atoms with Gasteiger partial charge < -0.3 is 9.30 Å². The molecule has 278 valence electrons. The van der Waals surface area contributed by atoms with Crippen molar-refractivity contribution in [3.63, 3.8) is 0 Å². The molecule has 0 fully saturated rings. The molecule has 2 aliphatic heterocycles. The first kappa shape index (κ1) is 33.4. The van der Waals surface area contributed by atoms with E-state index in [0.29, 0.717) is 5.82 Å². The van der Waals surface area contributed by atoms with Crippen molar-refractivity contribution in [2.45, 2.75) is 12.3 Å². The second-order valence-electron chi connectivity index (χ2n) is 15.6. The Balaban J connectivity index is 1.15. The Morgan fingerprint density at radius 3 is 1.93 bits per heavy atom. The van der Waals surface area contributed by atoms with Gasteiger partial charge in [0.25, 0.3) is 0 Å². The Hall–Kier alpha value is -7.69. The van der Waals surface area contributed by atoms with Crippen LogP contribution < -0.4 is 4.74 Å². The van der Waals surface area contributed by atoms with Crippen molar-refractivity contribution in [1.82, 2.24) is 9.13 Å². The maximum absolute atomic E-state index is 7.06. The Kier molecular flexibility index (Phi) is 7.18. The van der Waals surface area contributed by atoms with Crippen molar-refractivity contribution in [1.29, 1.82) is 0 Å².